The molecule has 1 aliphatic rings. The highest BCUT2D eigenvalue weighted by Gasteiger charge is 1.94. The standard InChI is InChI=1S/C7H8N2O2.C4H9NO/c10-9(11)8-6-7-4-2-1-3-5-7;1-3-6-4-2-5-1/h1-5,8H,6H2;5H,1-4H2. The molecule has 1 aromatic carbocycles. The van der Waals surface area contributed by atoms with Gasteiger partial charge in [-0.2, -0.15) is 0 Å². The Kier molecular flexibility index (Phi) is 6.69. The van der Waals surface area contributed by atoms with Gasteiger partial charge in [0.25, 0.3) is 0 Å². The maximum absolute atomic E-state index is 9.87. The molecule has 0 aromatic heterocycles. The first-order chi connectivity index (χ1) is 8.29. The van der Waals surface area contributed by atoms with Gasteiger partial charge in [-0.25, -0.2) is 10.1 Å². The molecule has 1 heterocycles. The zero-order chi connectivity index (χ0) is 12.3. The molecular weight excluding hydrogens is 222 g/mol. The Labute approximate surface area is 100 Å². The number of ether oxygens (including phenoxy) is 1. The molecule has 0 unspecified atom stereocenters. The summed E-state index contributed by atoms with van der Waals surface area (Å²) in [5.41, 5.74) is 2.99. The predicted octanol–water partition coefficient (Wildman–Crippen LogP) is 0.574. The molecule has 6 heteroatoms. The number of nitrogens with zero attached hydrogens (tertiary/aromatic N) is 1. The van der Waals surface area contributed by atoms with E-state index in [1.54, 1.807) is 0 Å². The van der Waals surface area contributed by atoms with E-state index in [0.717, 1.165) is 31.9 Å². The van der Waals surface area contributed by atoms with Crippen LogP contribution in [0.25, 0.3) is 0 Å². The van der Waals surface area contributed by atoms with Gasteiger partial charge < -0.3 is 10.1 Å². The maximum Gasteiger partial charge on any atom is 0.157 e. The molecule has 1 saturated heterocycles. The number of hydrogen-bond donors (Lipinski definition) is 2. The molecule has 1 aliphatic heterocycles. The third-order valence-corrected chi connectivity index (χ3v) is 2.10. The molecule has 1 fully saturated rings. The number of morpholine rings is 1. The molecule has 17 heavy (non-hydrogen) atoms. The molecule has 0 bridgehead atoms. The van der Waals surface area contributed by atoms with Crippen LogP contribution in [-0.4, -0.2) is 31.3 Å². The van der Waals surface area contributed by atoms with Crippen molar-refractivity contribution in [3.63, 3.8) is 0 Å². The molecular formula is C11H17N3O3. The number of benzene rings is 1. The molecule has 0 radical (unpaired) electrons. The number of nitro groups is 1. The summed E-state index contributed by atoms with van der Waals surface area (Å²) < 4.78 is 5.01. The fourth-order valence-electron chi connectivity index (χ4n) is 1.27. The molecule has 2 rings (SSSR count). The van der Waals surface area contributed by atoms with Crippen LogP contribution in [0.1, 0.15) is 5.56 Å². The van der Waals surface area contributed by atoms with E-state index in [4.69, 9.17) is 4.74 Å². The summed E-state index contributed by atoms with van der Waals surface area (Å²) >= 11 is 0. The monoisotopic (exact) mass is 239 g/mol. The lowest BCUT2D eigenvalue weighted by Crippen LogP contribution is -2.30. The van der Waals surface area contributed by atoms with Crippen molar-refractivity contribution in [3.8, 4) is 0 Å². The molecule has 0 atom stereocenters. The van der Waals surface area contributed by atoms with Crippen LogP contribution < -0.4 is 10.7 Å². The van der Waals surface area contributed by atoms with Crippen LogP contribution in [0, 0.1) is 10.1 Å². The van der Waals surface area contributed by atoms with E-state index >= 15 is 0 Å². The van der Waals surface area contributed by atoms with E-state index in [1.807, 2.05) is 30.3 Å². The van der Waals surface area contributed by atoms with Crippen molar-refractivity contribution >= 4 is 0 Å². The Balaban J connectivity index is 0.000000202. The lowest BCUT2D eigenvalue weighted by Gasteiger charge is -2.10. The topological polar surface area (TPSA) is 76.4 Å². The summed E-state index contributed by atoms with van der Waals surface area (Å²) in [4.78, 5) is 9.87. The SMILES string of the molecule is C1COCCN1.O=[N+]([O-])NCc1ccccc1. The number of hydrogen-bond acceptors (Lipinski definition) is 4. The molecule has 0 spiro atoms. The van der Waals surface area contributed by atoms with E-state index in [1.165, 1.54) is 0 Å². The van der Waals surface area contributed by atoms with Gasteiger partial charge >= 0.3 is 0 Å². The lowest BCUT2D eigenvalue weighted by atomic mass is 10.2. The molecule has 0 saturated carbocycles. The second kappa shape index (κ2) is 8.49. The summed E-state index contributed by atoms with van der Waals surface area (Å²) in [7, 11) is 0. The van der Waals surface area contributed by atoms with Crippen LogP contribution in [0.5, 0.6) is 0 Å². The zero-order valence-electron chi connectivity index (χ0n) is 9.59. The van der Waals surface area contributed by atoms with Crippen molar-refractivity contribution in [1.29, 1.82) is 0 Å². The van der Waals surface area contributed by atoms with Crippen molar-refractivity contribution < 1.29 is 9.77 Å². The van der Waals surface area contributed by atoms with Crippen LogP contribution in [0.3, 0.4) is 0 Å². The summed E-state index contributed by atoms with van der Waals surface area (Å²) in [6.07, 6.45) is 0. The van der Waals surface area contributed by atoms with Gasteiger partial charge in [-0.1, -0.05) is 30.3 Å². The Morgan fingerprint density at radius 3 is 2.35 bits per heavy atom. The first-order valence-electron chi connectivity index (χ1n) is 5.49. The van der Waals surface area contributed by atoms with Crippen molar-refractivity contribution in [3.05, 3.63) is 46.0 Å². The number of nitrogens with one attached hydrogen (secondary N) is 2. The third-order valence-electron chi connectivity index (χ3n) is 2.10. The first-order valence-corrected chi connectivity index (χ1v) is 5.49. The van der Waals surface area contributed by atoms with Crippen molar-refractivity contribution in [2.75, 3.05) is 26.3 Å². The van der Waals surface area contributed by atoms with Crippen LogP contribution >= 0.6 is 0 Å². The van der Waals surface area contributed by atoms with E-state index in [2.05, 4.69) is 10.7 Å². The first kappa shape index (κ1) is 13.4. The normalized spacial score (nSPS) is 14.4. The minimum atomic E-state index is -0.549. The molecule has 94 valence electrons. The van der Waals surface area contributed by atoms with Gasteiger partial charge in [0.1, 0.15) is 6.54 Å². The van der Waals surface area contributed by atoms with Gasteiger partial charge in [-0.3, -0.25) is 0 Å². The smallest absolute Gasteiger partial charge is 0.157 e. The molecule has 0 aliphatic carbocycles. The Morgan fingerprint density at radius 1 is 1.29 bits per heavy atom. The van der Waals surface area contributed by atoms with Gasteiger partial charge in [0.2, 0.25) is 0 Å². The maximum atomic E-state index is 9.87. The highest BCUT2D eigenvalue weighted by molar-refractivity contribution is 5.13. The van der Waals surface area contributed by atoms with Gasteiger partial charge in [0, 0.05) is 13.1 Å². The fraction of sp³-hybridized carbons (Fsp3) is 0.455. The molecule has 0 amide bonds. The average Bonchev–Trinajstić information content (AvgIpc) is 2.40. The van der Waals surface area contributed by atoms with Gasteiger partial charge in [-0.05, 0) is 5.56 Å². The predicted molar refractivity (Wildman–Crippen MR) is 64.0 cm³/mol. The van der Waals surface area contributed by atoms with E-state index in [-0.39, 0.29) is 6.54 Å². The van der Waals surface area contributed by atoms with E-state index in [9.17, 15) is 10.1 Å². The lowest BCUT2D eigenvalue weighted by molar-refractivity contribution is -0.546. The summed E-state index contributed by atoms with van der Waals surface area (Å²) in [5, 5.41) is 12.5. The highest BCUT2D eigenvalue weighted by Crippen LogP contribution is 1.96. The number of hydrazine groups is 1. The molecule has 6 nitrogen and oxygen atoms in total. The Morgan fingerprint density at radius 2 is 1.94 bits per heavy atom. The summed E-state index contributed by atoms with van der Waals surface area (Å²) in [6.45, 7) is 4.10. The zero-order valence-corrected chi connectivity index (χ0v) is 9.59. The largest absolute Gasteiger partial charge is 0.379 e. The van der Waals surface area contributed by atoms with Crippen LogP contribution in [0.15, 0.2) is 30.3 Å². The van der Waals surface area contributed by atoms with Crippen LogP contribution in [0.4, 0.5) is 0 Å². The second-order valence-corrected chi connectivity index (χ2v) is 3.44. The Bertz CT molecular complexity index is 303. The minimum Gasteiger partial charge on any atom is -0.379 e. The third kappa shape index (κ3) is 7.26. The van der Waals surface area contributed by atoms with Crippen LogP contribution in [-0.2, 0) is 11.3 Å². The fourth-order valence-corrected chi connectivity index (χ4v) is 1.27. The van der Waals surface area contributed by atoms with Crippen molar-refractivity contribution in [2.24, 2.45) is 0 Å². The molecule has 1 aromatic rings. The van der Waals surface area contributed by atoms with Gasteiger partial charge in [0.15, 0.2) is 5.03 Å². The van der Waals surface area contributed by atoms with Crippen molar-refractivity contribution in [1.82, 2.24) is 10.7 Å². The second-order valence-electron chi connectivity index (χ2n) is 3.44. The summed E-state index contributed by atoms with van der Waals surface area (Å²) in [5.74, 6) is 0. The minimum absolute atomic E-state index is 0.272. The Hall–Kier alpha value is -1.66. The van der Waals surface area contributed by atoms with E-state index < -0.39 is 5.03 Å². The van der Waals surface area contributed by atoms with Crippen LogP contribution in [0.2, 0.25) is 0 Å². The highest BCUT2D eigenvalue weighted by atomic mass is 16.7. The summed E-state index contributed by atoms with van der Waals surface area (Å²) in [6, 6.07) is 9.22. The van der Waals surface area contributed by atoms with Gasteiger partial charge in [0.05, 0.1) is 13.2 Å². The van der Waals surface area contributed by atoms with Crippen molar-refractivity contribution in [2.45, 2.75) is 6.54 Å². The quantitative estimate of drug-likeness (QED) is 0.596. The number of rotatable bonds is 3. The molecule has 2 N–H and O–H groups in total. The van der Waals surface area contributed by atoms with E-state index in [0.29, 0.717) is 0 Å². The van der Waals surface area contributed by atoms with Gasteiger partial charge in [-0.15, -0.1) is 5.43 Å². The average molecular weight is 239 g/mol.